The van der Waals surface area contributed by atoms with Gasteiger partial charge in [0, 0.05) is 24.9 Å². The summed E-state index contributed by atoms with van der Waals surface area (Å²) in [4.78, 5) is 10.4. The molecule has 1 saturated carbocycles. The van der Waals surface area contributed by atoms with Gasteiger partial charge in [-0.2, -0.15) is 0 Å². The number of hydrogen-bond acceptors (Lipinski definition) is 3. The van der Waals surface area contributed by atoms with Crippen molar-refractivity contribution in [3.05, 3.63) is 71.2 Å². The molecule has 0 bridgehead atoms. The highest BCUT2D eigenvalue weighted by Gasteiger charge is 2.44. The Kier molecular flexibility index (Phi) is 7.15. The Morgan fingerprint density at radius 2 is 1.70 bits per heavy atom. The van der Waals surface area contributed by atoms with E-state index in [0.717, 1.165) is 68.0 Å². The number of nitrogens with one attached hydrogen (secondary N) is 1. The van der Waals surface area contributed by atoms with Crippen molar-refractivity contribution in [2.45, 2.75) is 86.7 Å². The zero-order valence-electron chi connectivity index (χ0n) is 23.7. The monoisotopic (exact) mass is 496 g/mol. The number of para-hydroxylation sites is 1. The van der Waals surface area contributed by atoms with Gasteiger partial charge in [0.2, 0.25) is 0 Å². The van der Waals surface area contributed by atoms with Crippen LogP contribution in [-0.4, -0.2) is 21.1 Å². The minimum Gasteiger partial charge on any atom is -0.323 e. The molecule has 2 aromatic heterocycles. The van der Waals surface area contributed by atoms with Gasteiger partial charge in [0.1, 0.15) is 11.3 Å². The minimum atomic E-state index is 0.148. The predicted molar refractivity (Wildman–Crippen MR) is 156 cm³/mol. The van der Waals surface area contributed by atoms with Crippen LogP contribution in [0.2, 0.25) is 0 Å². The van der Waals surface area contributed by atoms with E-state index in [1.807, 2.05) is 0 Å². The standard InChI is InChI=1S/C33H44N4/c1-7-8-13-29-36-30-28(19-32(2,3)4)35-27-12-10-9-11-26(27)31(30)37(29)22-24-16-14-23(15-17-24)20-34-21-25-18-33(25,5)6/h9-12,14-17,25,34H,7-8,13,18-22H2,1-6H3. The summed E-state index contributed by atoms with van der Waals surface area (Å²) in [5.41, 5.74) is 7.88. The van der Waals surface area contributed by atoms with Gasteiger partial charge in [-0.3, -0.25) is 4.98 Å². The molecule has 5 rings (SSSR count). The van der Waals surface area contributed by atoms with Crippen LogP contribution in [-0.2, 0) is 25.9 Å². The van der Waals surface area contributed by atoms with Gasteiger partial charge in [0.25, 0.3) is 0 Å². The lowest BCUT2D eigenvalue weighted by molar-refractivity contribution is 0.408. The lowest BCUT2D eigenvalue weighted by Gasteiger charge is -2.18. The first-order valence-electron chi connectivity index (χ1n) is 14.2. The van der Waals surface area contributed by atoms with Crippen molar-refractivity contribution in [1.29, 1.82) is 0 Å². The van der Waals surface area contributed by atoms with Crippen LogP contribution in [0.25, 0.3) is 21.9 Å². The Morgan fingerprint density at radius 1 is 1.00 bits per heavy atom. The van der Waals surface area contributed by atoms with Crippen molar-refractivity contribution in [3.8, 4) is 0 Å². The number of aryl methyl sites for hydroxylation is 1. The number of aromatic nitrogens is 3. The van der Waals surface area contributed by atoms with Crippen molar-refractivity contribution < 1.29 is 0 Å². The zero-order chi connectivity index (χ0) is 26.2. The van der Waals surface area contributed by atoms with Gasteiger partial charge in [0.15, 0.2) is 0 Å². The molecule has 0 spiro atoms. The first kappa shape index (κ1) is 25.9. The van der Waals surface area contributed by atoms with Gasteiger partial charge in [-0.25, -0.2) is 4.98 Å². The van der Waals surface area contributed by atoms with Gasteiger partial charge >= 0.3 is 0 Å². The van der Waals surface area contributed by atoms with Crippen LogP contribution in [0.3, 0.4) is 0 Å². The number of fused-ring (bicyclic) bond motifs is 3. The van der Waals surface area contributed by atoms with Crippen LogP contribution in [0.15, 0.2) is 48.5 Å². The quantitative estimate of drug-likeness (QED) is 0.245. The van der Waals surface area contributed by atoms with E-state index in [1.54, 1.807) is 0 Å². The number of unbranched alkanes of at least 4 members (excludes halogenated alkanes) is 1. The molecule has 2 heterocycles. The molecule has 1 unspecified atom stereocenters. The average Bonchev–Trinajstić information content (AvgIpc) is 3.29. The summed E-state index contributed by atoms with van der Waals surface area (Å²) >= 11 is 0. The molecule has 4 nitrogen and oxygen atoms in total. The zero-order valence-corrected chi connectivity index (χ0v) is 23.7. The summed E-state index contributed by atoms with van der Waals surface area (Å²) in [7, 11) is 0. The second kappa shape index (κ2) is 10.2. The molecule has 37 heavy (non-hydrogen) atoms. The Bertz CT molecular complexity index is 1370. The van der Waals surface area contributed by atoms with Gasteiger partial charge in [0.05, 0.1) is 16.7 Å². The molecule has 0 radical (unpaired) electrons. The van der Waals surface area contributed by atoms with Gasteiger partial charge in [-0.1, -0.05) is 90.4 Å². The largest absolute Gasteiger partial charge is 0.323 e. The Morgan fingerprint density at radius 3 is 2.38 bits per heavy atom. The van der Waals surface area contributed by atoms with Gasteiger partial charge < -0.3 is 9.88 Å². The number of imidazole rings is 1. The fourth-order valence-corrected chi connectivity index (χ4v) is 5.53. The molecule has 0 aliphatic heterocycles. The summed E-state index contributed by atoms with van der Waals surface area (Å²) in [5.74, 6) is 2.01. The molecule has 4 aromatic rings. The molecule has 2 aromatic carbocycles. The third-order valence-corrected chi connectivity index (χ3v) is 7.99. The molecule has 4 heteroatoms. The molecule has 0 amide bonds. The predicted octanol–water partition coefficient (Wildman–Crippen LogP) is 7.70. The SMILES string of the molecule is CCCCc1nc2c(CC(C)(C)C)nc3ccccc3c2n1Cc1ccc(CNCC2CC2(C)C)cc1. The van der Waals surface area contributed by atoms with E-state index in [0.29, 0.717) is 5.41 Å². The van der Waals surface area contributed by atoms with Crippen LogP contribution < -0.4 is 5.32 Å². The molecule has 1 fully saturated rings. The lowest BCUT2D eigenvalue weighted by Crippen LogP contribution is -2.18. The number of rotatable bonds is 10. The van der Waals surface area contributed by atoms with Crippen LogP contribution >= 0.6 is 0 Å². The highest BCUT2D eigenvalue weighted by atomic mass is 15.1. The molecule has 1 N–H and O–H groups in total. The molecule has 196 valence electrons. The smallest absolute Gasteiger partial charge is 0.111 e. The van der Waals surface area contributed by atoms with Crippen LogP contribution in [0.5, 0.6) is 0 Å². The fraction of sp³-hybridized carbons (Fsp3) is 0.515. The third kappa shape index (κ3) is 5.90. The molecule has 0 saturated heterocycles. The first-order chi connectivity index (χ1) is 17.6. The van der Waals surface area contributed by atoms with Gasteiger partial charge in [-0.15, -0.1) is 0 Å². The summed E-state index contributed by atoms with van der Waals surface area (Å²) in [5, 5.41) is 4.87. The molecule has 1 aliphatic carbocycles. The van der Waals surface area contributed by atoms with Crippen molar-refractivity contribution in [2.75, 3.05) is 6.54 Å². The summed E-state index contributed by atoms with van der Waals surface area (Å²) in [6.45, 7) is 16.7. The topological polar surface area (TPSA) is 42.7 Å². The number of pyridine rings is 1. The summed E-state index contributed by atoms with van der Waals surface area (Å²) in [6, 6.07) is 17.8. The third-order valence-electron chi connectivity index (χ3n) is 7.99. The number of benzene rings is 2. The van der Waals surface area contributed by atoms with E-state index in [2.05, 4.69) is 100.0 Å². The number of hydrogen-bond donors (Lipinski definition) is 1. The van der Waals surface area contributed by atoms with Crippen LogP contribution in [0, 0.1) is 16.7 Å². The fourth-order valence-electron chi connectivity index (χ4n) is 5.53. The maximum Gasteiger partial charge on any atom is 0.111 e. The van der Waals surface area contributed by atoms with E-state index in [9.17, 15) is 0 Å². The van der Waals surface area contributed by atoms with Crippen molar-refractivity contribution in [1.82, 2.24) is 19.9 Å². The molecule has 1 atom stereocenters. The maximum absolute atomic E-state index is 5.26. The summed E-state index contributed by atoms with van der Waals surface area (Å²) < 4.78 is 2.48. The number of nitrogens with zero attached hydrogens (tertiary/aromatic N) is 3. The molecule has 1 aliphatic rings. The van der Waals surface area contributed by atoms with Crippen LogP contribution in [0.1, 0.15) is 83.5 Å². The van der Waals surface area contributed by atoms with E-state index in [-0.39, 0.29) is 5.41 Å². The second-order valence-electron chi connectivity index (χ2n) is 13.1. The Labute approximate surface area is 222 Å². The molecular formula is C33H44N4. The average molecular weight is 497 g/mol. The summed E-state index contributed by atoms with van der Waals surface area (Å²) in [6.07, 6.45) is 5.56. The van der Waals surface area contributed by atoms with Crippen molar-refractivity contribution in [3.63, 3.8) is 0 Å². The Hall–Kier alpha value is -2.72. The Balaban J connectivity index is 1.47. The lowest BCUT2D eigenvalue weighted by atomic mass is 9.89. The maximum atomic E-state index is 5.26. The second-order valence-corrected chi connectivity index (χ2v) is 13.1. The highest BCUT2D eigenvalue weighted by molar-refractivity contribution is 6.03. The first-order valence-corrected chi connectivity index (χ1v) is 14.2. The molecular weight excluding hydrogens is 452 g/mol. The van der Waals surface area contributed by atoms with E-state index < -0.39 is 0 Å². The van der Waals surface area contributed by atoms with Crippen molar-refractivity contribution in [2.24, 2.45) is 16.7 Å². The van der Waals surface area contributed by atoms with E-state index in [1.165, 1.54) is 34.3 Å². The highest BCUT2D eigenvalue weighted by Crippen LogP contribution is 2.51. The van der Waals surface area contributed by atoms with Crippen LogP contribution in [0.4, 0.5) is 0 Å². The van der Waals surface area contributed by atoms with Crippen molar-refractivity contribution >= 4 is 21.9 Å². The van der Waals surface area contributed by atoms with Gasteiger partial charge in [-0.05, 0) is 59.7 Å². The normalized spacial score (nSPS) is 17.1. The minimum absolute atomic E-state index is 0.148. The van der Waals surface area contributed by atoms with E-state index in [4.69, 9.17) is 9.97 Å². The van der Waals surface area contributed by atoms with E-state index >= 15 is 0 Å².